The second-order valence-electron chi connectivity index (χ2n) is 7.91. The molecule has 0 unspecified atom stereocenters. The van der Waals surface area contributed by atoms with Crippen LogP contribution in [0.3, 0.4) is 0 Å². The summed E-state index contributed by atoms with van der Waals surface area (Å²) in [5, 5.41) is 0. The van der Waals surface area contributed by atoms with Crippen LogP contribution in [0.1, 0.15) is 68.7 Å². The maximum atomic E-state index is 4.26. The van der Waals surface area contributed by atoms with E-state index in [0.717, 1.165) is 6.42 Å². The standard InChI is InChI=1S/C15H31.Mg.Zn/c1-11-15(12(2,3)4,13(5,6)7)14(8,9)10;;/h1,11H2,2-10H3;;/q-1;;. The van der Waals surface area contributed by atoms with Gasteiger partial charge >= 0.3 is 0 Å². The van der Waals surface area contributed by atoms with Crippen molar-refractivity contribution >= 4 is 23.1 Å². The molecule has 0 spiro atoms. The van der Waals surface area contributed by atoms with Gasteiger partial charge in [-0.05, 0) is 21.7 Å². The van der Waals surface area contributed by atoms with Crippen LogP contribution in [0.5, 0.6) is 0 Å². The molecule has 0 nitrogen and oxygen atoms in total. The number of rotatable bonds is 1. The van der Waals surface area contributed by atoms with Crippen LogP contribution in [0, 0.1) is 28.6 Å². The molecule has 0 amide bonds. The Morgan fingerprint density at radius 2 is 0.824 bits per heavy atom. The molecule has 0 heterocycles. The first-order chi connectivity index (χ1) is 6.31. The van der Waals surface area contributed by atoms with Gasteiger partial charge in [-0.1, -0.05) is 62.3 Å². The first kappa shape index (κ1) is 23.5. The summed E-state index contributed by atoms with van der Waals surface area (Å²) in [5.74, 6) is 0. The van der Waals surface area contributed by atoms with Crippen molar-refractivity contribution in [1.29, 1.82) is 0 Å². The minimum atomic E-state index is 0. The van der Waals surface area contributed by atoms with E-state index in [0.29, 0.717) is 0 Å². The Morgan fingerprint density at radius 1 is 0.647 bits per heavy atom. The predicted molar refractivity (Wildman–Crippen MR) is 76.5 cm³/mol. The van der Waals surface area contributed by atoms with Gasteiger partial charge in [-0.2, -0.15) is 6.42 Å². The van der Waals surface area contributed by atoms with Gasteiger partial charge in [0.25, 0.3) is 0 Å². The molecule has 0 fully saturated rings. The van der Waals surface area contributed by atoms with E-state index in [-0.39, 0.29) is 64.2 Å². The Balaban J connectivity index is -0.000000980. The van der Waals surface area contributed by atoms with E-state index in [4.69, 9.17) is 0 Å². The van der Waals surface area contributed by atoms with E-state index in [1.807, 2.05) is 0 Å². The van der Waals surface area contributed by atoms with Gasteiger partial charge in [0.15, 0.2) is 0 Å². The first-order valence-electron chi connectivity index (χ1n) is 6.10. The van der Waals surface area contributed by atoms with Crippen LogP contribution in [0.2, 0.25) is 0 Å². The zero-order valence-electron chi connectivity index (χ0n) is 13.8. The zero-order valence-corrected chi connectivity index (χ0v) is 18.2. The summed E-state index contributed by atoms with van der Waals surface area (Å²) >= 11 is 0. The Kier molecular flexibility index (Phi) is 9.26. The van der Waals surface area contributed by atoms with Gasteiger partial charge in [-0.3, -0.25) is 0 Å². The molecule has 0 saturated heterocycles. The fourth-order valence-corrected chi connectivity index (χ4v) is 4.50. The molecule has 0 N–H and O–H groups in total. The SMILES string of the molecule is [CH2-]CC(C(C)(C)C)(C(C)(C)C)C(C)(C)C.[Mg].[Zn]. The third-order valence-electron chi connectivity index (χ3n) is 4.22. The number of hydrogen-bond acceptors (Lipinski definition) is 0. The molecule has 0 aromatic carbocycles. The minimum absolute atomic E-state index is 0. The van der Waals surface area contributed by atoms with Gasteiger partial charge in [0.05, 0.1) is 0 Å². The fraction of sp³-hybridized carbons (Fsp3) is 0.933. The van der Waals surface area contributed by atoms with E-state index < -0.39 is 0 Å². The Morgan fingerprint density at radius 3 is 0.824 bits per heavy atom. The third-order valence-corrected chi connectivity index (χ3v) is 4.22. The average molecular weight is 301 g/mol. The monoisotopic (exact) mass is 299 g/mol. The first-order valence-corrected chi connectivity index (χ1v) is 6.10. The van der Waals surface area contributed by atoms with E-state index in [1.165, 1.54) is 0 Å². The van der Waals surface area contributed by atoms with Crippen LogP contribution >= 0.6 is 0 Å². The van der Waals surface area contributed by atoms with Gasteiger partial charge in [0.2, 0.25) is 0 Å². The smallest absolute Gasteiger partial charge is 0 e. The normalized spacial score (nSPS) is 13.8. The summed E-state index contributed by atoms with van der Waals surface area (Å²) in [6.45, 7) is 25.5. The van der Waals surface area contributed by atoms with Crippen molar-refractivity contribution in [3.63, 3.8) is 0 Å². The van der Waals surface area contributed by atoms with Crippen LogP contribution in [-0.2, 0) is 19.5 Å². The Hall–Kier alpha value is 1.39. The predicted octanol–water partition coefficient (Wildman–Crippen LogP) is 4.95. The molecule has 0 aliphatic rings. The van der Waals surface area contributed by atoms with E-state index >= 15 is 0 Å². The molecule has 0 aliphatic carbocycles. The molecule has 17 heavy (non-hydrogen) atoms. The summed E-state index contributed by atoms with van der Waals surface area (Å²) in [4.78, 5) is 0. The van der Waals surface area contributed by atoms with Crippen molar-refractivity contribution in [2.45, 2.75) is 68.7 Å². The largest absolute Gasteiger partial charge is 0.343 e. The molecule has 0 aromatic heterocycles. The molecular weight excluding hydrogens is 270 g/mol. The Labute approximate surface area is 139 Å². The van der Waals surface area contributed by atoms with Gasteiger partial charge in [0, 0.05) is 42.5 Å². The molecule has 0 aromatic rings. The van der Waals surface area contributed by atoms with Crippen molar-refractivity contribution in [2.75, 3.05) is 0 Å². The van der Waals surface area contributed by atoms with Gasteiger partial charge in [0.1, 0.15) is 0 Å². The second-order valence-corrected chi connectivity index (χ2v) is 7.91. The molecule has 0 rings (SSSR count). The Bertz CT molecular complexity index is 177. The van der Waals surface area contributed by atoms with Crippen molar-refractivity contribution in [1.82, 2.24) is 0 Å². The van der Waals surface area contributed by atoms with Crippen LogP contribution in [0.15, 0.2) is 0 Å². The third kappa shape index (κ3) is 4.18. The van der Waals surface area contributed by atoms with Crippen LogP contribution in [0.25, 0.3) is 0 Å². The van der Waals surface area contributed by atoms with Gasteiger partial charge in [-0.15, -0.1) is 0 Å². The molecule has 96 valence electrons. The second kappa shape index (κ2) is 6.71. The summed E-state index contributed by atoms with van der Waals surface area (Å²) in [7, 11) is 0. The topological polar surface area (TPSA) is 0 Å². The summed E-state index contributed by atoms with van der Waals surface area (Å²) in [6.07, 6.45) is 0.990. The van der Waals surface area contributed by atoms with Gasteiger partial charge in [-0.25, -0.2) is 0 Å². The zero-order chi connectivity index (χ0) is 12.7. The van der Waals surface area contributed by atoms with Crippen molar-refractivity contribution in [3.8, 4) is 0 Å². The van der Waals surface area contributed by atoms with Crippen molar-refractivity contribution < 1.29 is 19.5 Å². The van der Waals surface area contributed by atoms with Crippen molar-refractivity contribution in [3.05, 3.63) is 6.92 Å². The van der Waals surface area contributed by atoms with Gasteiger partial charge < -0.3 is 6.92 Å². The molecule has 0 aliphatic heterocycles. The molecule has 2 radical (unpaired) electrons. The summed E-state index contributed by atoms with van der Waals surface area (Å²) in [5.41, 5.74) is 1.05. The molecule has 0 bridgehead atoms. The molecule has 2 heteroatoms. The average Bonchev–Trinajstić information content (AvgIpc) is 1.76. The maximum Gasteiger partial charge on any atom is 0 e. The van der Waals surface area contributed by atoms with Crippen molar-refractivity contribution in [2.24, 2.45) is 21.7 Å². The van der Waals surface area contributed by atoms with E-state index in [2.05, 4.69) is 69.2 Å². The summed E-state index contributed by atoms with van der Waals surface area (Å²) < 4.78 is 0. The summed E-state index contributed by atoms with van der Waals surface area (Å²) in [6, 6.07) is 0. The molecular formula is C15H31MgZn-. The molecule has 0 saturated carbocycles. The number of hydrogen-bond donors (Lipinski definition) is 0. The maximum absolute atomic E-state index is 4.26. The van der Waals surface area contributed by atoms with Crippen LogP contribution in [0.4, 0.5) is 0 Å². The van der Waals surface area contributed by atoms with Crippen LogP contribution in [-0.4, -0.2) is 23.1 Å². The fourth-order valence-electron chi connectivity index (χ4n) is 4.50. The van der Waals surface area contributed by atoms with Crippen LogP contribution < -0.4 is 0 Å². The molecule has 0 atom stereocenters. The quantitative estimate of drug-likeness (QED) is 0.475. The minimum Gasteiger partial charge on any atom is -0.343 e. The van der Waals surface area contributed by atoms with E-state index in [9.17, 15) is 0 Å². The van der Waals surface area contributed by atoms with E-state index in [1.54, 1.807) is 0 Å².